The minimum Gasteiger partial charge on any atom is -0.493 e. The summed E-state index contributed by atoms with van der Waals surface area (Å²) in [6.07, 6.45) is 2.05. The van der Waals surface area contributed by atoms with Crippen LogP contribution in [0.3, 0.4) is 0 Å². The zero-order valence-electron chi connectivity index (χ0n) is 15.1. The lowest BCUT2D eigenvalue weighted by molar-refractivity contribution is 0.0135. The summed E-state index contributed by atoms with van der Waals surface area (Å²) >= 11 is 0. The first kappa shape index (κ1) is 17.6. The van der Waals surface area contributed by atoms with Gasteiger partial charge in [0.05, 0.1) is 7.11 Å². The van der Waals surface area contributed by atoms with Crippen molar-refractivity contribution < 1.29 is 14.2 Å². The third-order valence-electron chi connectivity index (χ3n) is 4.76. The molecule has 0 atom stereocenters. The van der Waals surface area contributed by atoms with Crippen LogP contribution in [0.25, 0.3) is 0 Å². The Morgan fingerprint density at radius 1 is 0.920 bits per heavy atom. The van der Waals surface area contributed by atoms with E-state index in [4.69, 9.17) is 14.2 Å². The molecule has 3 rings (SSSR count). The molecule has 2 aromatic rings. The third kappa shape index (κ3) is 4.89. The molecule has 0 unspecified atom stereocenters. The number of likely N-dealkylation sites (tertiary alicyclic amines) is 1. The van der Waals surface area contributed by atoms with E-state index in [1.807, 2.05) is 54.6 Å². The molecule has 134 valence electrons. The van der Waals surface area contributed by atoms with Gasteiger partial charge in [-0.3, -0.25) is 4.90 Å². The Kier molecular flexibility index (Phi) is 5.82. The predicted octanol–water partition coefficient (Wildman–Crippen LogP) is 4.01. The van der Waals surface area contributed by atoms with Gasteiger partial charge in [0, 0.05) is 19.6 Å². The van der Waals surface area contributed by atoms with Gasteiger partial charge in [-0.1, -0.05) is 30.3 Å². The van der Waals surface area contributed by atoms with Crippen molar-refractivity contribution in [2.75, 3.05) is 33.4 Å². The Labute approximate surface area is 150 Å². The molecular formula is C21H27NO3. The molecule has 1 fully saturated rings. The van der Waals surface area contributed by atoms with Crippen LogP contribution in [-0.4, -0.2) is 43.9 Å². The van der Waals surface area contributed by atoms with Crippen molar-refractivity contribution in [3.63, 3.8) is 0 Å². The largest absolute Gasteiger partial charge is 0.493 e. The number of rotatable bonds is 7. The van der Waals surface area contributed by atoms with E-state index in [1.165, 1.54) is 0 Å². The number of hydrogen-bond donors (Lipinski definition) is 0. The second-order valence-corrected chi connectivity index (χ2v) is 6.71. The summed E-state index contributed by atoms with van der Waals surface area (Å²) in [5, 5.41) is 0. The molecule has 4 heteroatoms. The number of piperidine rings is 1. The number of ether oxygens (including phenoxy) is 3. The van der Waals surface area contributed by atoms with E-state index in [0.717, 1.165) is 49.7 Å². The summed E-state index contributed by atoms with van der Waals surface area (Å²) in [5.74, 6) is 2.54. The molecule has 0 amide bonds. The number of methoxy groups -OCH3 is 1. The highest BCUT2D eigenvalue weighted by Gasteiger charge is 2.31. The molecule has 1 aliphatic heterocycles. The Morgan fingerprint density at radius 2 is 1.56 bits per heavy atom. The second-order valence-electron chi connectivity index (χ2n) is 6.71. The van der Waals surface area contributed by atoms with E-state index in [2.05, 4.69) is 11.8 Å². The van der Waals surface area contributed by atoms with Gasteiger partial charge in [-0.05, 0) is 44.0 Å². The first-order valence-electron chi connectivity index (χ1n) is 8.91. The Bertz CT molecular complexity index is 651. The van der Waals surface area contributed by atoms with E-state index < -0.39 is 0 Å². The van der Waals surface area contributed by atoms with Crippen LogP contribution < -0.4 is 14.2 Å². The molecule has 1 saturated heterocycles. The Balaban J connectivity index is 1.43. The monoisotopic (exact) mass is 341 g/mol. The molecule has 0 radical (unpaired) electrons. The molecule has 2 aromatic carbocycles. The molecule has 4 nitrogen and oxygen atoms in total. The standard InChI is InChI=1S/C21H27NO3/c1-21(25-18-8-4-3-5-9-18)12-14-22(15-13-21)16-17-24-20-11-7-6-10-19(20)23-2/h3-11H,12-17H2,1-2H3. The fourth-order valence-electron chi connectivity index (χ4n) is 3.15. The Hall–Kier alpha value is -2.20. The lowest BCUT2D eigenvalue weighted by Crippen LogP contribution is -2.47. The van der Waals surface area contributed by atoms with Crippen LogP contribution in [0.5, 0.6) is 17.2 Å². The minimum atomic E-state index is -0.0820. The van der Waals surface area contributed by atoms with Gasteiger partial charge in [0.2, 0.25) is 0 Å². The molecule has 0 aliphatic carbocycles. The highest BCUT2D eigenvalue weighted by molar-refractivity contribution is 5.39. The van der Waals surface area contributed by atoms with Gasteiger partial charge in [-0.2, -0.15) is 0 Å². The zero-order chi connectivity index (χ0) is 17.5. The maximum Gasteiger partial charge on any atom is 0.161 e. The second kappa shape index (κ2) is 8.26. The first-order valence-corrected chi connectivity index (χ1v) is 8.91. The van der Waals surface area contributed by atoms with Crippen LogP contribution >= 0.6 is 0 Å². The molecule has 1 aliphatic rings. The summed E-state index contributed by atoms with van der Waals surface area (Å²) in [6.45, 7) is 5.84. The molecule has 0 spiro atoms. The van der Waals surface area contributed by atoms with Crippen LogP contribution in [0.2, 0.25) is 0 Å². The van der Waals surface area contributed by atoms with Crippen molar-refractivity contribution in [3.05, 3.63) is 54.6 Å². The predicted molar refractivity (Wildman–Crippen MR) is 99.6 cm³/mol. The number of para-hydroxylation sites is 3. The average molecular weight is 341 g/mol. The van der Waals surface area contributed by atoms with Gasteiger partial charge in [0.1, 0.15) is 18.0 Å². The molecule has 0 bridgehead atoms. The molecule has 1 heterocycles. The van der Waals surface area contributed by atoms with Crippen LogP contribution in [0.15, 0.2) is 54.6 Å². The smallest absolute Gasteiger partial charge is 0.161 e. The fraction of sp³-hybridized carbons (Fsp3) is 0.429. The van der Waals surface area contributed by atoms with Crippen molar-refractivity contribution >= 4 is 0 Å². The lowest BCUT2D eigenvalue weighted by Gasteiger charge is -2.39. The number of nitrogens with zero attached hydrogens (tertiary/aromatic N) is 1. The number of hydrogen-bond acceptors (Lipinski definition) is 4. The molecule has 0 aromatic heterocycles. The molecule has 0 saturated carbocycles. The van der Waals surface area contributed by atoms with Crippen molar-refractivity contribution in [2.24, 2.45) is 0 Å². The van der Waals surface area contributed by atoms with Crippen LogP contribution in [0.4, 0.5) is 0 Å². The topological polar surface area (TPSA) is 30.9 Å². The van der Waals surface area contributed by atoms with E-state index >= 15 is 0 Å². The zero-order valence-corrected chi connectivity index (χ0v) is 15.1. The summed E-state index contributed by atoms with van der Waals surface area (Å²) in [4.78, 5) is 2.44. The molecular weight excluding hydrogens is 314 g/mol. The highest BCUT2D eigenvalue weighted by atomic mass is 16.5. The van der Waals surface area contributed by atoms with Crippen molar-refractivity contribution in [3.8, 4) is 17.2 Å². The van der Waals surface area contributed by atoms with Crippen molar-refractivity contribution in [1.29, 1.82) is 0 Å². The van der Waals surface area contributed by atoms with Crippen molar-refractivity contribution in [1.82, 2.24) is 4.90 Å². The summed E-state index contributed by atoms with van der Waals surface area (Å²) in [7, 11) is 1.67. The first-order chi connectivity index (χ1) is 12.2. The van der Waals surface area contributed by atoms with Gasteiger partial charge in [-0.25, -0.2) is 0 Å². The van der Waals surface area contributed by atoms with Gasteiger partial charge < -0.3 is 14.2 Å². The quantitative estimate of drug-likeness (QED) is 0.761. The maximum absolute atomic E-state index is 6.22. The van der Waals surface area contributed by atoms with Crippen LogP contribution in [0.1, 0.15) is 19.8 Å². The van der Waals surface area contributed by atoms with E-state index in [-0.39, 0.29) is 5.60 Å². The average Bonchev–Trinajstić information content (AvgIpc) is 2.64. The normalized spacial score (nSPS) is 17.0. The summed E-state index contributed by atoms with van der Waals surface area (Å²) < 4.78 is 17.4. The van der Waals surface area contributed by atoms with Gasteiger partial charge in [0.25, 0.3) is 0 Å². The Morgan fingerprint density at radius 3 is 2.24 bits per heavy atom. The lowest BCUT2D eigenvalue weighted by atomic mass is 9.93. The maximum atomic E-state index is 6.22. The summed E-state index contributed by atoms with van der Waals surface area (Å²) in [5.41, 5.74) is -0.0820. The van der Waals surface area contributed by atoms with E-state index in [0.29, 0.717) is 6.61 Å². The van der Waals surface area contributed by atoms with E-state index in [1.54, 1.807) is 7.11 Å². The SMILES string of the molecule is COc1ccccc1OCCN1CCC(C)(Oc2ccccc2)CC1. The van der Waals surface area contributed by atoms with Crippen LogP contribution in [0, 0.1) is 0 Å². The number of benzene rings is 2. The molecule has 25 heavy (non-hydrogen) atoms. The summed E-state index contributed by atoms with van der Waals surface area (Å²) in [6, 6.07) is 17.9. The van der Waals surface area contributed by atoms with Gasteiger partial charge in [0.15, 0.2) is 11.5 Å². The van der Waals surface area contributed by atoms with Gasteiger partial charge >= 0.3 is 0 Å². The highest BCUT2D eigenvalue weighted by Crippen LogP contribution is 2.29. The van der Waals surface area contributed by atoms with E-state index in [9.17, 15) is 0 Å². The van der Waals surface area contributed by atoms with Crippen molar-refractivity contribution in [2.45, 2.75) is 25.4 Å². The molecule has 0 N–H and O–H groups in total. The third-order valence-corrected chi connectivity index (χ3v) is 4.76. The van der Waals surface area contributed by atoms with Gasteiger partial charge in [-0.15, -0.1) is 0 Å². The fourth-order valence-corrected chi connectivity index (χ4v) is 3.15. The van der Waals surface area contributed by atoms with Crippen LogP contribution in [-0.2, 0) is 0 Å². The minimum absolute atomic E-state index is 0.0820.